The maximum Gasteiger partial charge on any atom is 0.0541 e. The summed E-state index contributed by atoms with van der Waals surface area (Å²) in [5.74, 6) is 0. The minimum atomic E-state index is 1.14. The van der Waals surface area contributed by atoms with Gasteiger partial charge in [-0.2, -0.15) is 0 Å². The first-order chi connectivity index (χ1) is 30.3. The van der Waals surface area contributed by atoms with Gasteiger partial charge in [-0.25, -0.2) is 0 Å². The first-order valence-electron chi connectivity index (χ1n) is 21.1. The van der Waals surface area contributed by atoms with E-state index in [0.717, 1.165) is 5.69 Å². The van der Waals surface area contributed by atoms with E-state index in [1.807, 2.05) is 0 Å². The van der Waals surface area contributed by atoms with Crippen LogP contribution < -0.4 is 0 Å². The third kappa shape index (κ3) is 5.86. The quantitative estimate of drug-likeness (QED) is 0.148. The summed E-state index contributed by atoms with van der Waals surface area (Å²) >= 11 is 0. The second kappa shape index (κ2) is 14.4. The van der Waals surface area contributed by atoms with Crippen LogP contribution >= 0.6 is 0 Å². The van der Waals surface area contributed by atoms with Crippen molar-refractivity contribution >= 4 is 54.1 Å². The predicted molar refractivity (Wildman–Crippen MR) is 260 cm³/mol. The lowest BCUT2D eigenvalue weighted by Gasteiger charge is -2.18. The third-order valence-corrected chi connectivity index (χ3v) is 12.6. The predicted octanol–water partition coefficient (Wildman–Crippen LogP) is 16.6. The second-order valence-electron chi connectivity index (χ2n) is 16.0. The lowest BCUT2D eigenvalue weighted by molar-refractivity contribution is 1.18. The van der Waals surface area contributed by atoms with E-state index in [1.54, 1.807) is 0 Å². The normalized spacial score (nSPS) is 11.6. The molecule has 0 aliphatic rings. The van der Waals surface area contributed by atoms with E-state index in [4.69, 9.17) is 0 Å². The zero-order chi connectivity index (χ0) is 40.3. The van der Waals surface area contributed by atoms with Crippen LogP contribution in [0.3, 0.4) is 0 Å². The summed E-state index contributed by atoms with van der Waals surface area (Å²) in [5, 5.41) is 10.1. The van der Waals surface area contributed by atoms with Crippen molar-refractivity contribution in [3.05, 3.63) is 237 Å². The topological polar surface area (TPSA) is 4.93 Å². The Labute approximate surface area is 355 Å². The molecule has 0 saturated carbocycles. The van der Waals surface area contributed by atoms with Crippen molar-refractivity contribution in [3.63, 3.8) is 0 Å². The van der Waals surface area contributed by atoms with Crippen LogP contribution in [0.2, 0.25) is 0 Å². The molecule has 61 heavy (non-hydrogen) atoms. The minimum absolute atomic E-state index is 1.14. The molecule has 1 heterocycles. The number of para-hydroxylation sites is 1. The largest absolute Gasteiger partial charge is 0.309 e. The molecule has 284 valence electrons. The molecule has 11 aromatic carbocycles. The first kappa shape index (κ1) is 35.0. The third-order valence-electron chi connectivity index (χ3n) is 12.6. The molecule has 0 amide bonds. The van der Waals surface area contributed by atoms with Gasteiger partial charge in [0.15, 0.2) is 0 Å². The molecule has 0 fully saturated rings. The van der Waals surface area contributed by atoms with Crippen LogP contribution in [0.1, 0.15) is 0 Å². The highest BCUT2D eigenvalue weighted by molar-refractivity contribution is 6.21. The number of fused-ring (bicyclic) bond motifs is 6. The number of benzene rings is 11. The molecule has 0 radical (unpaired) electrons. The molecule has 0 spiro atoms. The molecule has 0 atom stereocenters. The average Bonchev–Trinajstić information content (AvgIpc) is 3.67. The van der Waals surface area contributed by atoms with Crippen LogP contribution in [0.25, 0.3) is 115 Å². The van der Waals surface area contributed by atoms with E-state index in [1.165, 1.54) is 110 Å². The van der Waals surface area contributed by atoms with E-state index in [9.17, 15) is 0 Å². The highest BCUT2D eigenvalue weighted by Crippen LogP contribution is 2.44. The van der Waals surface area contributed by atoms with Gasteiger partial charge in [-0.3, -0.25) is 0 Å². The van der Waals surface area contributed by atoms with Crippen LogP contribution in [0.5, 0.6) is 0 Å². The zero-order valence-electron chi connectivity index (χ0n) is 33.5. The number of hydrogen-bond acceptors (Lipinski definition) is 0. The van der Waals surface area contributed by atoms with Crippen molar-refractivity contribution in [2.24, 2.45) is 0 Å². The molecule has 0 N–H and O–H groups in total. The zero-order valence-corrected chi connectivity index (χ0v) is 33.5. The average molecular weight is 774 g/mol. The summed E-state index contributed by atoms with van der Waals surface area (Å²) in [7, 11) is 0. The van der Waals surface area contributed by atoms with E-state index in [2.05, 4.69) is 241 Å². The molecule has 1 nitrogen and oxygen atoms in total. The maximum atomic E-state index is 2.42. The first-order valence-corrected chi connectivity index (χ1v) is 21.1. The van der Waals surface area contributed by atoms with Crippen molar-refractivity contribution in [2.75, 3.05) is 0 Å². The van der Waals surface area contributed by atoms with Gasteiger partial charge in [-0.15, -0.1) is 0 Å². The van der Waals surface area contributed by atoms with Gasteiger partial charge >= 0.3 is 0 Å². The molecule has 0 saturated heterocycles. The van der Waals surface area contributed by atoms with Gasteiger partial charge in [-0.1, -0.05) is 200 Å². The van der Waals surface area contributed by atoms with E-state index >= 15 is 0 Å². The second-order valence-corrected chi connectivity index (χ2v) is 16.0. The Morgan fingerprint density at radius 3 is 1.36 bits per heavy atom. The van der Waals surface area contributed by atoms with Gasteiger partial charge < -0.3 is 4.57 Å². The number of nitrogens with zero attached hydrogens (tertiary/aromatic N) is 1. The van der Waals surface area contributed by atoms with Gasteiger partial charge in [0.1, 0.15) is 0 Å². The number of hydrogen-bond donors (Lipinski definition) is 0. The molecule has 0 bridgehead atoms. The summed E-state index contributed by atoms with van der Waals surface area (Å²) in [4.78, 5) is 0. The summed E-state index contributed by atoms with van der Waals surface area (Å²) in [6.45, 7) is 0. The smallest absolute Gasteiger partial charge is 0.0541 e. The fraction of sp³-hybridized carbons (Fsp3) is 0. The number of aromatic nitrogens is 1. The van der Waals surface area contributed by atoms with Crippen molar-refractivity contribution in [1.82, 2.24) is 4.57 Å². The standard InChI is InChI=1S/C60H39N/c1-2-15-43(16-3-1)59-52-22-6-8-24-54(52)60(55-25-9-7-23-53(55)59)44-32-35-48(36-33-44)61-57-27-11-10-21-51(57)56-39-47(34-37-58(56)61)46-19-12-18-45(38-46)40-28-30-42(31-29-40)50-26-13-17-41-14-4-5-20-49(41)50/h1-39H. The Hall–Kier alpha value is -8.00. The molecule has 0 aliphatic carbocycles. The minimum Gasteiger partial charge on any atom is -0.309 e. The molecule has 12 aromatic rings. The molecule has 1 aromatic heterocycles. The lowest BCUT2D eigenvalue weighted by Crippen LogP contribution is -1.94. The van der Waals surface area contributed by atoms with Gasteiger partial charge in [0.05, 0.1) is 11.0 Å². The molecule has 0 aliphatic heterocycles. The van der Waals surface area contributed by atoms with Crippen LogP contribution in [-0.4, -0.2) is 4.57 Å². The van der Waals surface area contributed by atoms with Gasteiger partial charge in [0, 0.05) is 16.5 Å². The van der Waals surface area contributed by atoms with Gasteiger partial charge in [-0.05, 0) is 124 Å². The van der Waals surface area contributed by atoms with Crippen LogP contribution in [-0.2, 0) is 0 Å². The van der Waals surface area contributed by atoms with Gasteiger partial charge in [0.25, 0.3) is 0 Å². The number of rotatable bonds is 6. The van der Waals surface area contributed by atoms with Crippen molar-refractivity contribution in [2.45, 2.75) is 0 Å². The van der Waals surface area contributed by atoms with E-state index in [0.29, 0.717) is 0 Å². The fourth-order valence-corrected chi connectivity index (χ4v) is 9.76. The summed E-state index contributed by atoms with van der Waals surface area (Å²) < 4.78 is 2.42. The maximum absolute atomic E-state index is 2.42. The molecule has 0 unspecified atom stereocenters. The summed E-state index contributed by atoms with van der Waals surface area (Å²) in [5.41, 5.74) is 15.9. The van der Waals surface area contributed by atoms with E-state index in [-0.39, 0.29) is 0 Å². The molecule has 12 rings (SSSR count). The van der Waals surface area contributed by atoms with E-state index < -0.39 is 0 Å². The van der Waals surface area contributed by atoms with Crippen molar-refractivity contribution in [1.29, 1.82) is 0 Å². The Bertz CT molecular complexity index is 3550. The SMILES string of the molecule is c1ccc(-c2c3ccccc3c(-c3ccc(-n4c5ccccc5c5cc(-c6cccc(-c7ccc(-c8cccc9ccccc89)cc7)c6)ccc54)cc3)c3ccccc23)cc1. The fourth-order valence-electron chi connectivity index (χ4n) is 9.76. The highest BCUT2D eigenvalue weighted by Gasteiger charge is 2.18. The lowest BCUT2D eigenvalue weighted by atomic mass is 9.86. The van der Waals surface area contributed by atoms with Crippen molar-refractivity contribution < 1.29 is 0 Å². The van der Waals surface area contributed by atoms with Gasteiger partial charge in [0.2, 0.25) is 0 Å². The molecule has 1 heteroatoms. The Morgan fingerprint density at radius 2 is 0.672 bits per heavy atom. The van der Waals surface area contributed by atoms with Crippen LogP contribution in [0.4, 0.5) is 0 Å². The highest BCUT2D eigenvalue weighted by atomic mass is 15.0. The van der Waals surface area contributed by atoms with Crippen LogP contribution in [0, 0.1) is 0 Å². The Morgan fingerprint density at radius 1 is 0.230 bits per heavy atom. The molecular weight excluding hydrogens is 735 g/mol. The van der Waals surface area contributed by atoms with Crippen molar-refractivity contribution in [3.8, 4) is 61.3 Å². The summed E-state index contributed by atoms with van der Waals surface area (Å²) in [6.07, 6.45) is 0. The monoisotopic (exact) mass is 773 g/mol. The Balaban J connectivity index is 0.920. The Kier molecular flexibility index (Phi) is 8.25. The molecular formula is C60H39N. The summed E-state index contributed by atoms with van der Waals surface area (Å²) in [6, 6.07) is 86.6. The van der Waals surface area contributed by atoms with Crippen LogP contribution in [0.15, 0.2) is 237 Å².